The molecule has 1 aliphatic rings. The highest BCUT2D eigenvalue weighted by atomic mass is 35.5. The molecule has 1 fully saturated rings. The van der Waals surface area contributed by atoms with Gasteiger partial charge in [0.15, 0.2) is 0 Å². The number of hydrogen-bond acceptors (Lipinski definition) is 3. The first kappa shape index (κ1) is 18.0. The maximum absolute atomic E-state index is 12.7. The maximum Gasteiger partial charge on any atom is 0.278 e. The molecule has 1 N–H and O–H groups in total. The minimum Gasteiger partial charge on any atom is -0.317 e. The number of hydrogen-bond donors (Lipinski definition) is 1. The summed E-state index contributed by atoms with van der Waals surface area (Å²) in [7, 11) is 0. The molecule has 0 aromatic carbocycles. The van der Waals surface area contributed by atoms with E-state index >= 15 is 0 Å². The molecule has 23 heavy (non-hydrogen) atoms. The number of rotatable bonds is 3. The molecule has 1 aliphatic heterocycles. The van der Waals surface area contributed by atoms with Gasteiger partial charge in [-0.3, -0.25) is 13.8 Å². The second-order valence-corrected chi connectivity index (χ2v) is 6.06. The fourth-order valence-corrected chi connectivity index (χ4v) is 3.58. The second-order valence-electron chi connectivity index (χ2n) is 6.06. The Bertz CT molecular complexity index is 835. The van der Waals surface area contributed by atoms with Crippen LogP contribution in [0.3, 0.4) is 0 Å². The molecule has 0 saturated carbocycles. The van der Waals surface area contributed by atoms with Crippen LogP contribution in [0, 0.1) is 12.8 Å². The Morgan fingerprint density at radius 1 is 1.26 bits per heavy atom. The van der Waals surface area contributed by atoms with Crippen molar-refractivity contribution in [2.45, 2.75) is 32.7 Å². The summed E-state index contributed by atoms with van der Waals surface area (Å²) in [6, 6.07) is 5.96. The average molecular weight is 357 g/mol. The van der Waals surface area contributed by atoms with Gasteiger partial charge in [0.25, 0.3) is 5.56 Å². The van der Waals surface area contributed by atoms with Crippen LogP contribution in [-0.2, 0) is 6.54 Å². The van der Waals surface area contributed by atoms with Crippen LogP contribution in [0.15, 0.2) is 23.0 Å². The maximum atomic E-state index is 12.7. The third-order valence-corrected chi connectivity index (χ3v) is 4.74. The topological polar surface area (TPSA) is 51.3 Å². The number of piperidine rings is 1. The van der Waals surface area contributed by atoms with Gasteiger partial charge in [-0.15, -0.1) is 24.8 Å². The monoisotopic (exact) mass is 356 g/mol. The Morgan fingerprint density at radius 3 is 2.74 bits per heavy atom. The molecule has 1 saturated heterocycles. The molecule has 0 unspecified atom stereocenters. The molecule has 4 rings (SSSR count). The number of imidazole rings is 2. The van der Waals surface area contributed by atoms with E-state index in [0.29, 0.717) is 0 Å². The van der Waals surface area contributed by atoms with Gasteiger partial charge in [-0.05, 0) is 57.3 Å². The smallest absolute Gasteiger partial charge is 0.278 e. The van der Waals surface area contributed by atoms with Crippen LogP contribution in [0.4, 0.5) is 0 Å². The number of nitrogens with zero attached hydrogens (tertiary/aromatic N) is 3. The zero-order chi connectivity index (χ0) is 14.4. The summed E-state index contributed by atoms with van der Waals surface area (Å²) < 4.78 is 3.93. The van der Waals surface area contributed by atoms with Crippen molar-refractivity contribution in [3.8, 4) is 0 Å². The molecule has 0 radical (unpaired) electrons. The molecule has 126 valence electrons. The minimum atomic E-state index is 0. The van der Waals surface area contributed by atoms with Gasteiger partial charge < -0.3 is 5.32 Å². The standard InChI is InChI=1S/C16H20N4O.2ClH/c1-11-15-16(21)19(10-7-12-5-8-17-9-6-12)14-4-2-3-13(18-11)20(14)15;;/h2-4,12,17H,5-10H2,1H3;2*1H. The van der Waals surface area contributed by atoms with E-state index in [0.717, 1.165) is 54.5 Å². The quantitative estimate of drug-likeness (QED) is 0.784. The molecule has 0 atom stereocenters. The zero-order valence-corrected chi connectivity index (χ0v) is 14.8. The summed E-state index contributed by atoms with van der Waals surface area (Å²) in [4.78, 5) is 17.2. The first-order valence-corrected chi connectivity index (χ1v) is 7.76. The van der Waals surface area contributed by atoms with Crippen LogP contribution in [0.1, 0.15) is 25.0 Å². The molecule has 0 bridgehead atoms. The number of pyridine rings is 1. The fraction of sp³-hybridized carbons (Fsp3) is 0.500. The van der Waals surface area contributed by atoms with E-state index in [1.54, 1.807) is 0 Å². The zero-order valence-electron chi connectivity index (χ0n) is 13.1. The summed E-state index contributed by atoms with van der Waals surface area (Å²) in [5.74, 6) is 0.734. The van der Waals surface area contributed by atoms with E-state index in [4.69, 9.17) is 0 Å². The molecule has 3 aromatic heterocycles. The van der Waals surface area contributed by atoms with Gasteiger partial charge in [0, 0.05) is 6.54 Å². The highest BCUT2D eigenvalue weighted by Crippen LogP contribution is 2.20. The van der Waals surface area contributed by atoms with Crippen LogP contribution in [0.2, 0.25) is 0 Å². The summed E-state index contributed by atoms with van der Waals surface area (Å²) in [5.41, 5.74) is 3.53. The highest BCUT2D eigenvalue weighted by molar-refractivity contribution is 5.85. The third kappa shape index (κ3) is 2.93. The predicted molar refractivity (Wildman–Crippen MR) is 97.6 cm³/mol. The van der Waals surface area contributed by atoms with Crippen LogP contribution >= 0.6 is 24.8 Å². The average Bonchev–Trinajstić information content (AvgIpc) is 2.99. The van der Waals surface area contributed by atoms with Crippen LogP contribution in [-0.4, -0.2) is 27.0 Å². The molecule has 4 heterocycles. The Morgan fingerprint density at radius 2 is 2.00 bits per heavy atom. The van der Waals surface area contributed by atoms with Gasteiger partial charge >= 0.3 is 0 Å². The first-order chi connectivity index (χ1) is 10.3. The van der Waals surface area contributed by atoms with E-state index in [1.165, 1.54) is 12.8 Å². The molecule has 5 nitrogen and oxygen atoms in total. The van der Waals surface area contributed by atoms with Crippen molar-refractivity contribution in [3.05, 3.63) is 34.2 Å². The lowest BCUT2D eigenvalue weighted by Crippen LogP contribution is -2.29. The lowest BCUT2D eigenvalue weighted by atomic mass is 9.95. The van der Waals surface area contributed by atoms with Crippen molar-refractivity contribution in [1.29, 1.82) is 0 Å². The summed E-state index contributed by atoms with van der Waals surface area (Å²) in [5, 5.41) is 3.39. The Kier molecular flexibility index (Phi) is 5.55. The normalized spacial score (nSPS) is 15.7. The number of nitrogens with one attached hydrogen (secondary N) is 1. The lowest BCUT2D eigenvalue weighted by molar-refractivity contribution is 0.338. The summed E-state index contributed by atoms with van der Waals surface area (Å²) in [6.07, 6.45) is 3.53. The van der Waals surface area contributed by atoms with Gasteiger partial charge in [0.2, 0.25) is 0 Å². The summed E-state index contributed by atoms with van der Waals surface area (Å²) >= 11 is 0. The van der Waals surface area contributed by atoms with Gasteiger partial charge in [-0.2, -0.15) is 0 Å². The highest BCUT2D eigenvalue weighted by Gasteiger charge is 2.19. The van der Waals surface area contributed by atoms with Gasteiger partial charge in [0.05, 0.1) is 5.69 Å². The van der Waals surface area contributed by atoms with E-state index in [-0.39, 0.29) is 30.4 Å². The lowest BCUT2D eigenvalue weighted by Gasteiger charge is -2.22. The van der Waals surface area contributed by atoms with E-state index in [2.05, 4.69) is 10.3 Å². The van der Waals surface area contributed by atoms with Crippen LogP contribution < -0.4 is 10.9 Å². The molecule has 7 heteroatoms. The fourth-order valence-electron chi connectivity index (χ4n) is 3.58. The number of halogens is 2. The van der Waals surface area contributed by atoms with E-state index < -0.39 is 0 Å². The summed E-state index contributed by atoms with van der Waals surface area (Å²) in [6.45, 7) is 4.94. The Hall–Kier alpha value is -1.30. The van der Waals surface area contributed by atoms with Crippen molar-refractivity contribution in [1.82, 2.24) is 19.3 Å². The molecule has 0 aliphatic carbocycles. The third-order valence-electron chi connectivity index (χ3n) is 4.74. The minimum absolute atomic E-state index is 0. The van der Waals surface area contributed by atoms with Crippen molar-refractivity contribution < 1.29 is 0 Å². The molecular formula is C16H22Cl2N4O. The SMILES string of the molecule is Cc1nc2cccc3n(CCC4CCNCC4)c(=O)c1n23.Cl.Cl. The van der Waals surface area contributed by atoms with Gasteiger partial charge in [-0.25, -0.2) is 4.98 Å². The van der Waals surface area contributed by atoms with E-state index in [9.17, 15) is 4.79 Å². The number of aryl methyl sites for hydroxylation is 2. The van der Waals surface area contributed by atoms with Crippen molar-refractivity contribution >= 4 is 41.6 Å². The van der Waals surface area contributed by atoms with Gasteiger partial charge in [0.1, 0.15) is 16.8 Å². The number of aromatic nitrogens is 3. The van der Waals surface area contributed by atoms with Crippen LogP contribution in [0.25, 0.3) is 16.8 Å². The van der Waals surface area contributed by atoms with Crippen LogP contribution in [0.5, 0.6) is 0 Å². The van der Waals surface area contributed by atoms with Gasteiger partial charge in [-0.1, -0.05) is 6.07 Å². The Balaban J connectivity index is 0.000000960. The van der Waals surface area contributed by atoms with Crippen molar-refractivity contribution in [2.75, 3.05) is 13.1 Å². The molecular weight excluding hydrogens is 335 g/mol. The Labute approximate surface area is 147 Å². The predicted octanol–water partition coefficient (Wildman–Crippen LogP) is 2.63. The first-order valence-electron chi connectivity index (χ1n) is 7.76. The van der Waals surface area contributed by atoms with Crippen molar-refractivity contribution in [2.24, 2.45) is 5.92 Å². The molecule has 3 aromatic rings. The molecule has 0 spiro atoms. The van der Waals surface area contributed by atoms with Crippen molar-refractivity contribution in [3.63, 3.8) is 0 Å². The largest absolute Gasteiger partial charge is 0.317 e. The van der Waals surface area contributed by atoms with E-state index in [1.807, 2.05) is 34.1 Å². The second kappa shape index (κ2) is 7.07. The molecule has 0 amide bonds.